The SMILES string of the molecule is COc1ccccc1CNS(=O)(=O)c1cc(C(=O)Nc2cc(Cl)cc(Cl)c2)ccc1F. The summed E-state index contributed by atoms with van der Waals surface area (Å²) in [6.07, 6.45) is 0. The van der Waals surface area contributed by atoms with Crippen molar-refractivity contribution in [2.75, 3.05) is 12.4 Å². The molecule has 0 aliphatic heterocycles. The van der Waals surface area contributed by atoms with E-state index in [0.717, 1.165) is 12.1 Å². The lowest BCUT2D eigenvalue weighted by Crippen LogP contribution is -2.25. The van der Waals surface area contributed by atoms with Crippen molar-refractivity contribution in [2.45, 2.75) is 11.4 Å². The number of para-hydroxylation sites is 1. The number of halogens is 3. The van der Waals surface area contributed by atoms with Crippen LogP contribution < -0.4 is 14.8 Å². The van der Waals surface area contributed by atoms with E-state index in [0.29, 0.717) is 27.0 Å². The van der Waals surface area contributed by atoms with Gasteiger partial charge in [0, 0.05) is 33.4 Å². The third-order valence-corrected chi connectivity index (χ3v) is 6.10. The molecule has 0 heterocycles. The van der Waals surface area contributed by atoms with E-state index in [1.165, 1.54) is 31.4 Å². The quantitative estimate of drug-likeness (QED) is 0.502. The molecule has 0 spiro atoms. The van der Waals surface area contributed by atoms with Crippen molar-refractivity contribution in [3.05, 3.63) is 87.7 Å². The molecule has 3 aromatic carbocycles. The lowest BCUT2D eigenvalue weighted by atomic mass is 10.2. The van der Waals surface area contributed by atoms with Gasteiger partial charge in [0.05, 0.1) is 7.11 Å². The van der Waals surface area contributed by atoms with Crippen LogP contribution in [0.15, 0.2) is 65.6 Å². The second kappa shape index (κ2) is 9.65. The van der Waals surface area contributed by atoms with E-state index >= 15 is 0 Å². The zero-order chi connectivity index (χ0) is 22.6. The molecule has 0 aliphatic carbocycles. The third-order valence-electron chi connectivity index (χ3n) is 4.25. The van der Waals surface area contributed by atoms with Crippen molar-refractivity contribution in [1.82, 2.24) is 4.72 Å². The highest BCUT2D eigenvalue weighted by Gasteiger charge is 2.22. The van der Waals surface area contributed by atoms with Crippen LogP contribution >= 0.6 is 23.2 Å². The molecule has 0 bridgehead atoms. The topological polar surface area (TPSA) is 84.5 Å². The van der Waals surface area contributed by atoms with Gasteiger partial charge >= 0.3 is 0 Å². The number of sulfonamides is 1. The van der Waals surface area contributed by atoms with E-state index in [-0.39, 0.29) is 12.1 Å². The smallest absolute Gasteiger partial charge is 0.255 e. The molecule has 162 valence electrons. The van der Waals surface area contributed by atoms with Crippen LogP contribution in [-0.4, -0.2) is 21.4 Å². The largest absolute Gasteiger partial charge is 0.496 e. The molecule has 0 atom stereocenters. The molecule has 0 saturated heterocycles. The average Bonchev–Trinajstić information content (AvgIpc) is 2.72. The fourth-order valence-electron chi connectivity index (χ4n) is 2.78. The lowest BCUT2D eigenvalue weighted by molar-refractivity contribution is 0.102. The molecule has 31 heavy (non-hydrogen) atoms. The lowest BCUT2D eigenvalue weighted by Gasteiger charge is -2.12. The highest BCUT2D eigenvalue weighted by molar-refractivity contribution is 7.89. The van der Waals surface area contributed by atoms with Crippen LogP contribution in [0.3, 0.4) is 0 Å². The molecule has 0 aliphatic rings. The minimum Gasteiger partial charge on any atom is -0.496 e. The molecule has 6 nitrogen and oxygen atoms in total. The predicted molar refractivity (Wildman–Crippen MR) is 118 cm³/mol. The molecule has 0 aromatic heterocycles. The maximum absolute atomic E-state index is 14.3. The van der Waals surface area contributed by atoms with Crippen LogP contribution in [0.4, 0.5) is 10.1 Å². The monoisotopic (exact) mass is 482 g/mol. The number of amides is 1. The number of methoxy groups -OCH3 is 1. The van der Waals surface area contributed by atoms with Gasteiger partial charge in [-0.1, -0.05) is 41.4 Å². The van der Waals surface area contributed by atoms with E-state index in [2.05, 4.69) is 10.0 Å². The normalized spacial score (nSPS) is 11.2. The summed E-state index contributed by atoms with van der Waals surface area (Å²) in [6, 6.07) is 14.3. The summed E-state index contributed by atoms with van der Waals surface area (Å²) in [5.74, 6) is -1.16. The first-order valence-electron chi connectivity index (χ1n) is 8.88. The van der Waals surface area contributed by atoms with Crippen molar-refractivity contribution < 1.29 is 22.3 Å². The van der Waals surface area contributed by atoms with Crippen molar-refractivity contribution in [2.24, 2.45) is 0 Å². The molecular weight excluding hydrogens is 466 g/mol. The Labute approximate surface area is 189 Å². The maximum atomic E-state index is 14.3. The van der Waals surface area contributed by atoms with E-state index in [1.807, 2.05) is 0 Å². The molecule has 3 aromatic rings. The van der Waals surface area contributed by atoms with Crippen molar-refractivity contribution in [3.63, 3.8) is 0 Å². The second-order valence-electron chi connectivity index (χ2n) is 6.39. The van der Waals surface area contributed by atoms with Gasteiger partial charge in [0.2, 0.25) is 10.0 Å². The van der Waals surface area contributed by atoms with E-state index < -0.39 is 26.6 Å². The molecule has 0 radical (unpaired) electrons. The summed E-state index contributed by atoms with van der Waals surface area (Å²) >= 11 is 11.8. The van der Waals surface area contributed by atoms with Crippen LogP contribution in [0.2, 0.25) is 10.0 Å². The molecule has 0 unspecified atom stereocenters. The molecule has 3 rings (SSSR count). The molecular formula is C21H17Cl2FN2O4S. The standard InChI is InChI=1S/C21H17Cl2FN2O4S/c1-30-19-5-3-2-4-14(19)12-25-31(28,29)20-8-13(6-7-18(20)24)21(27)26-17-10-15(22)9-16(23)11-17/h2-11,25H,12H2,1H3,(H,26,27). The maximum Gasteiger partial charge on any atom is 0.255 e. The van der Waals surface area contributed by atoms with Crippen molar-refractivity contribution in [1.29, 1.82) is 0 Å². The first kappa shape index (κ1) is 23.0. The molecule has 1 amide bonds. The Kier molecular flexibility index (Phi) is 7.17. The van der Waals surface area contributed by atoms with Gasteiger partial charge in [0.15, 0.2) is 0 Å². The minimum atomic E-state index is -4.26. The van der Waals surface area contributed by atoms with Crippen LogP contribution in [0.1, 0.15) is 15.9 Å². The first-order valence-corrected chi connectivity index (χ1v) is 11.1. The zero-order valence-corrected chi connectivity index (χ0v) is 18.5. The average molecular weight is 483 g/mol. The van der Waals surface area contributed by atoms with E-state index in [9.17, 15) is 17.6 Å². The molecule has 2 N–H and O–H groups in total. The fraction of sp³-hybridized carbons (Fsp3) is 0.0952. The highest BCUT2D eigenvalue weighted by Crippen LogP contribution is 2.24. The Morgan fingerprint density at radius 2 is 1.71 bits per heavy atom. The molecule has 0 saturated carbocycles. The fourth-order valence-corrected chi connectivity index (χ4v) is 4.41. The predicted octanol–water partition coefficient (Wildman–Crippen LogP) is 4.87. The Balaban J connectivity index is 1.83. The summed E-state index contributed by atoms with van der Waals surface area (Å²) in [4.78, 5) is 11.9. The Hall–Kier alpha value is -2.65. The number of ether oxygens (including phenoxy) is 1. The van der Waals surface area contributed by atoms with Crippen LogP contribution in [0.25, 0.3) is 0 Å². The van der Waals surface area contributed by atoms with E-state index in [1.54, 1.807) is 24.3 Å². The van der Waals surface area contributed by atoms with Gasteiger partial charge in [-0.05, 0) is 42.5 Å². The summed E-state index contributed by atoms with van der Waals surface area (Å²) in [6.45, 7) is -0.122. The van der Waals surface area contributed by atoms with Crippen LogP contribution in [0.5, 0.6) is 5.75 Å². The molecule has 0 fully saturated rings. The van der Waals surface area contributed by atoms with Gasteiger partial charge in [-0.25, -0.2) is 17.5 Å². The summed E-state index contributed by atoms with van der Waals surface area (Å²) < 4.78 is 47.2. The Bertz CT molecular complexity index is 1220. The summed E-state index contributed by atoms with van der Waals surface area (Å²) in [5.41, 5.74) is 0.821. The number of hydrogen-bond acceptors (Lipinski definition) is 4. The van der Waals surface area contributed by atoms with Crippen LogP contribution in [0, 0.1) is 5.82 Å². The number of rotatable bonds is 7. The number of anilines is 1. The Morgan fingerprint density at radius 1 is 1.03 bits per heavy atom. The highest BCUT2D eigenvalue weighted by atomic mass is 35.5. The van der Waals surface area contributed by atoms with Gasteiger partial charge in [-0.15, -0.1) is 0 Å². The van der Waals surface area contributed by atoms with Gasteiger partial charge < -0.3 is 10.1 Å². The number of benzene rings is 3. The van der Waals surface area contributed by atoms with E-state index in [4.69, 9.17) is 27.9 Å². The first-order chi connectivity index (χ1) is 14.7. The number of hydrogen-bond donors (Lipinski definition) is 2. The summed E-state index contributed by atoms with van der Waals surface area (Å²) in [5, 5.41) is 3.17. The van der Waals surface area contributed by atoms with Gasteiger partial charge in [-0.3, -0.25) is 4.79 Å². The zero-order valence-electron chi connectivity index (χ0n) is 16.2. The molecule has 10 heteroatoms. The van der Waals surface area contributed by atoms with Gasteiger partial charge in [0.25, 0.3) is 5.91 Å². The third kappa shape index (κ3) is 5.74. The van der Waals surface area contributed by atoms with Crippen molar-refractivity contribution >= 4 is 44.8 Å². The second-order valence-corrected chi connectivity index (χ2v) is 9.00. The van der Waals surface area contributed by atoms with Crippen LogP contribution in [-0.2, 0) is 16.6 Å². The number of carbonyl (C=O) groups is 1. The number of nitrogens with one attached hydrogen (secondary N) is 2. The van der Waals surface area contributed by atoms with Crippen molar-refractivity contribution in [3.8, 4) is 5.75 Å². The Morgan fingerprint density at radius 3 is 2.39 bits per heavy atom. The van der Waals surface area contributed by atoms with Gasteiger partial charge in [0.1, 0.15) is 16.5 Å². The minimum absolute atomic E-state index is 0.0600. The van der Waals surface area contributed by atoms with Gasteiger partial charge in [-0.2, -0.15) is 0 Å². The summed E-state index contributed by atoms with van der Waals surface area (Å²) in [7, 11) is -2.80. The number of carbonyl (C=O) groups excluding carboxylic acids is 1.